The van der Waals surface area contributed by atoms with Crippen LogP contribution in [0, 0.1) is 0 Å². The van der Waals surface area contributed by atoms with Crippen molar-refractivity contribution in [3.8, 4) is 0 Å². The summed E-state index contributed by atoms with van der Waals surface area (Å²) >= 11 is 0. The molecule has 0 aliphatic carbocycles. The number of carbonyl (C=O) groups is 2. The maximum absolute atomic E-state index is 10.3. The number of carbonyl (C=O) groups excluding carboxylic acids is 2. The molecular formula is C13H18O2. The number of aldehydes is 1. The summed E-state index contributed by atoms with van der Waals surface area (Å²) in [5.74, 6) is 0.284. The Hall–Kier alpha value is -1.44. The summed E-state index contributed by atoms with van der Waals surface area (Å²) in [5.41, 5.74) is 1.08. The largest absolute Gasteiger partial charge is 0.303 e. The molecule has 0 bridgehead atoms. The summed E-state index contributed by atoms with van der Waals surface area (Å²) in [6.07, 6.45) is 1.62. The average Bonchev–Trinajstić information content (AvgIpc) is 2.30. The highest BCUT2D eigenvalue weighted by Crippen LogP contribution is 2.10. The Morgan fingerprint density at radius 3 is 2.13 bits per heavy atom. The molecule has 0 radical (unpaired) electrons. The lowest BCUT2D eigenvalue weighted by molar-refractivity contribution is -0.116. The lowest BCUT2D eigenvalue weighted by Gasteiger charge is -2.00. The zero-order chi connectivity index (χ0) is 11.7. The number of hydrogen-bond donors (Lipinski definition) is 0. The second-order valence-corrected chi connectivity index (χ2v) is 3.39. The van der Waals surface area contributed by atoms with Crippen LogP contribution in [0.15, 0.2) is 30.3 Å². The second-order valence-electron chi connectivity index (χ2n) is 3.39. The minimum absolute atomic E-state index is 0.0289. The smallest absolute Gasteiger partial charge is 0.129 e. The third-order valence-electron chi connectivity index (χ3n) is 2.03. The van der Waals surface area contributed by atoms with Crippen LogP contribution in [0.3, 0.4) is 0 Å². The first-order chi connectivity index (χ1) is 7.11. The average molecular weight is 206 g/mol. The minimum Gasteiger partial charge on any atom is -0.303 e. The lowest BCUT2D eigenvalue weighted by atomic mass is 10.0. The van der Waals surface area contributed by atoms with E-state index in [0.29, 0.717) is 6.42 Å². The Kier molecular flexibility index (Phi) is 7.16. The van der Waals surface area contributed by atoms with Crippen molar-refractivity contribution >= 4 is 12.1 Å². The molecule has 0 N–H and O–H groups in total. The van der Waals surface area contributed by atoms with Gasteiger partial charge in [0.2, 0.25) is 0 Å². The fourth-order valence-corrected chi connectivity index (χ4v) is 0.835. The van der Waals surface area contributed by atoms with Crippen molar-refractivity contribution in [1.82, 2.24) is 0 Å². The Morgan fingerprint density at radius 2 is 1.80 bits per heavy atom. The molecule has 1 atom stereocenters. The molecule has 0 aliphatic heterocycles. The first-order valence-corrected chi connectivity index (χ1v) is 5.11. The van der Waals surface area contributed by atoms with Gasteiger partial charge in [-0.05, 0) is 12.5 Å². The van der Waals surface area contributed by atoms with Gasteiger partial charge in [0.15, 0.2) is 0 Å². The second kappa shape index (κ2) is 7.92. The van der Waals surface area contributed by atoms with Crippen molar-refractivity contribution in [3.05, 3.63) is 35.9 Å². The van der Waals surface area contributed by atoms with Crippen LogP contribution in [-0.2, 0) is 9.59 Å². The van der Waals surface area contributed by atoms with E-state index in [4.69, 9.17) is 0 Å². The Labute approximate surface area is 91.3 Å². The highest BCUT2D eigenvalue weighted by Gasteiger charge is 1.99. The van der Waals surface area contributed by atoms with Crippen LogP contribution in [-0.4, -0.2) is 12.1 Å². The number of benzene rings is 1. The minimum atomic E-state index is 0.0289. The van der Waals surface area contributed by atoms with E-state index in [1.807, 2.05) is 44.2 Å². The summed E-state index contributed by atoms with van der Waals surface area (Å²) in [6, 6.07) is 9.74. The van der Waals surface area contributed by atoms with Gasteiger partial charge in [-0.1, -0.05) is 44.2 Å². The first-order valence-electron chi connectivity index (χ1n) is 5.11. The molecule has 0 saturated carbocycles. The van der Waals surface area contributed by atoms with Gasteiger partial charge in [-0.3, -0.25) is 0 Å². The van der Waals surface area contributed by atoms with Crippen LogP contribution in [0.25, 0.3) is 0 Å². The van der Waals surface area contributed by atoms with E-state index in [1.165, 1.54) is 0 Å². The maximum atomic E-state index is 10.3. The van der Waals surface area contributed by atoms with Gasteiger partial charge in [0, 0.05) is 12.3 Å². The molecule has 0 saturated heterocycles. The zero-order valence-corrected chi connectivity index (χ0v) is 9.57. The van der Waals surface area contributed by atoms with Crippen LogP contribution in [0.5, 0.6) is 0 Å². The Balaban J connectivity index is 0.000000336. The summed E-state index contributed by atoms with van der Waals surface area (Å²) in [5, 5.41) is 0. The van der Waals surface area contributed by atoms with Crippen molar-refractivity contribution in [1.29, 1.82) is 0 Å². The molecule has 0 heterocycles. The topological polar surface area (TPSA) is 34.1 Å². The van der Waals surface area contributed by atoms with E-state index >= 15 is 0 Å². The van der Waals surface area contributed by atoms with E-state index in [2.05, 4.69) is 0 Å². The van der Waals surface area contributed by atoms with E-state index in [9.17, 15) is 9.59 Å². The molecule has 1 aromatic rings. The number of hydrogen-bond acceptors (Lipinski definition) is 2. The van der Waals surface area contributed by atoms with Crippen LogP contribution >= 0.6 is 0 Å². The van der Waals surface area contributed by atoms with Crippen molar-refractivity contribution in [2.75, 3.05) is 0 Å². The highest BCUT2D eigenvalue weighted by atomic mass is 16.1. The number of rotatable bonds is 3. The van der Waals surface area contributed by atoms with Crippen LogP contribution in [0.1, 0.15) is 38.7 Å². The van der Waals surface area contributed by atoms with Gasteiger partial charge in [0.25, 0.3) is 0 Å². The Bertz CT molecular complexity index is 291. The predicted molar refractivity (Wildman–Crippen MR) is 61.9 cm³/mol. The molecule has 1 aromatic carbocycles. The number of Topliss-reactive ketones (excluding diaryl/α,β-unsaturated/α-hetero) is 1. The summed E-state index contributed by atoms with van der Waals surface area (Å²) < 4.78 is 0. The van der Waals surface area contributed by atoms with Crippen LogP contribution < -0.4 is 0 Å². The lowest BCUT2D eigenvalue weighted by Crippen LogP contribution is -1.92. The summed E-state index contributed by atoms with van der Waals surface area (Å²) in [6.45, 7) is 5.32. The van der Waals surface area contributed by atoms with Gasteiger partial charge < -0.3 is 9.59 Å². The summed E-state index contributed by atoms with van der Waals surface area (Å²) in [4.78, 5) is 20.1. The van der Waals surface area contributed by atoms with E-state index in [0.717, 1.165) is 11.8 Å². The monoisotopic (exact) mass is 206 g/mol. The third kappa shape index (κ3) is 6.61. The maximum Gasteiger partial charge on any atom is 0.129 e. The molecule has 0 aliphatic rings. The van der Waals surface area contributed by atoms with Gasteiger partial charge in [-0.25, -0.2) is 0 Å². The first kappa shape index (κ1) is 13.6. The Morgan fingerprint density at radius 1 is 1.33 bits per heavy atom. The van der Waals surface area contributed by atoms with Crippen molar-refractivity contribution < 1.29 is 9.59 Å². The van der Waals surface area contributed by atoms with Crippen LogP contribution in [0.2, 0.25) is 0 Å². The molecule has 82 valence electrons. The molecule has 15 heavy (non-hydrogen) atoms. The fraction of sp³-hybridized carbons (Fsp3) is 0.385. The quantitative estimate of drug-likeness (QED) is 0.712. The van der Waals surface area contributed by atoms with Crippen LogP contribution in [0.4, 0.5) is 0 Å². The predicted octanol–water partition coefficient (Wildman–Crippen LogP) is 2.97. The molecule has 0 unspecified atom stereocenters. The summed E-state index contributed by atoms with van der Waals surface area (Å²) in [7, 11) is 0. The molecule has 0 fully saturated rings. The van der Waals surface area contributed by atoms with Gasteiger partial charge in [0.05, 0.1) is 0 Å². The zero-order valence-electron chi connectivity index (χ0n) is 9.57. The molecule has 2 nitrogen and oxygen atoms in total. The molecule has 2 heteroatoms. The molecule has 1 rings (SSSR count). The fourth-order valence-electron chi connectivity index (χ4n) is 0.835. The number of ketones is 1. The van der Waals surface area contributed by atoms with E-state index < -0.39 is 0 Å². The van der Waals surface area contributed by atoms with Crippen molar-refractivity contribution in [2.45, 2.75) is 33.1 Å². The molecular weight excluding hydrogens is 188 g/mol. The standard InChI is InChI=1S/C9H10O.C4H8O/c1-8(7-10)9-5-3-2-4-6-9;1-3-4(2)5/h2-8H,1H3;3H2,1-2H3/t8-;/m1./s1. The van der Waals surface area contributed by atoms with E-state index in [1.54, 1.807) is 6.92 Å². The van der Waals surface area contributed by atoms with Gasteiger partial charge >= 0.3 is 0 Å². The van der Waals surface area contributed by atoms with Crippen molar-refractivity contribution in [3.63, 3.8) is 0 Å². The van der Waals surface area contributed by atoms with Gasteiger partial charge in [-0.2, -0.15) is 0 Å². The molecule has 0 amide bonds. The SMILES string of the molecule is CCC(C)=O.C[C@H](C=O)c1ccccc1. The molecule has 0 aromatic heterocycles. The molecule has 0 spiro atoms. The normalized spacial score (nSPS) is 10.9. The van der Waals surface area contributed by atoms with Crippen molar-refractivity contribution in [2.24, 2.45) is 0 Å². The third-order valence-corrected chi connectivity index (χ3v) is 2.03. The van der Waals surface area contributed by atoms with Gasteiger partial charge in [0.1, 0.15) is 12.1 Å². The van der Waals surface area contributed by atoms with Gasteiger partial charge in [-0.15, -0.1) is 0 Å². The highest BCUT2D eigenvalue weighted by molar-refractivity contribution is 5.74. The van der Waals surface area contributed by atoms with E-state index in [-0.39, 0.29) is 11.7 Å².